The maximum absolute atomic E-state index is 6.63. The number of nitrogens with zero attached hydrogens (tertiary/aromatic N) is 2. The smallest absolute Gasteiger partial charge is 0.227 e. The van der Waals surface area contributed by atoms with Crippen LogP contribution in [-0.4, -0.2) is 4.98 Å². The lowest BCUT2D eigenvalue weighted by Crippen LogP contribution is -2.10. The first-order valence-electron chi connectivity index (χ1n) is 16.2. The second-order valence-electron chi connectivity index (χ2n) is 12.0. The Hall–Kier alpha value is -6.45. The van der Waals surface area contributed by atoms with Crippen LogP contribution in [0.5, 0.6) is 0 Å². The molecule has 0 bridgehead atoms. The Morgan fingerprint density at radius 3 is 1.56 bits per heavy atom. The predicted molar refractivity (Wildman–Crippen MR) is 200 cm³/mol. The minimum absolute atomic E-state index is 0.623. The summed E-state index contributed by atoms with van der Waals surface area (Å²) < 4.78 is 6.63. The van der Waals surface area contributed by atoms with Crippen molar-refractivity contribution in [3.05, 3.63) is 182 Å². The van der Waals surface area contributed by atoms with Gasteiger partial charge in [-0.2, -0.15) is 0 Å². The van der Waals surface area contributed by atoms with Crippen LogP contribution in [0.3, 0.4) is 0 Å². The van der Waals surface area contributed by atoms with Crippen LogP contribution >= 0.6 is 0 Å². The number of oxazole rings is 1. The van der Waals surface area contributed by atoms with Crippen LogP contribution in [0.15, 0.2) is 186 Å². The average molecular weight is 615 g/mol. The fourth-order valence-electron chi connectivity index (χ4n) is 6.74. The third-order valence-corrected chi connectivity index (χ3v) is 9.06. The summed E-state index contributed by atoms with van der Waals surface area (Å²) in [5.74, 6) is 0.623. The summed E-state index contributed by atoms with van der Waals surface area (Å²) in [5, 5.41) is 4.40. The molecule has 0 saturated heterocycles. The average Bonchev–Trinajstić information content (AvgIpc) is 3.61. The van der Waals surface area contributed by atoms with Crippen molar-refractivity contribution >= 4 is 49.7 Å². The standard InChI is InChI=1S/C45H30N2O/c1-5-13-31(14-6-1)32-21-23-33(24-22-32)35-25-27-39-40(29-35)43-36(26-28-41-44(43)48-45(46-41)34-15-7-2-8-16-34)30-42(39)47(37-17-9-3-10-18-37)38-19-11-4-12-20-38/h1-30H. The maximum Gasteiger partial charge on any atom is 0.227 e. The van der Waals surface area contributed by atoms with E-state index in [2.05, 4.69) is 157 Å². The van der Waals surface area contributed by atoms with Gasteiger partial charge in [-0.1, -0.05) is 127 Å². The molecule has 1 heterocycles. The first kappa shape index (κ1) is 27.8. The van der Waals surface area contributed by atoms with Crippen LogP contribution < -0.4 is 4.90 Å². The predicted octanol–water partition coefficient (Wildman–Crippen LogP) is 12.6. The number of hydrogen-bond acceptors (Lipinski definition) is 3. The monoisotopic (exact) mass is 614 g/mol. The number of anilines is 3. The third kappa shape index (κ3) is 4.90. The number of para-hydroxylation sites is 2. The van der Waals surface area contributed by atoms with E-state index in [-0.39, 0.29) is 0 Å². The molecule has 0 N–H and O–H groups in total. The summed E-state index contributed by atoms with van der Waals surface area (Å²) >= 11 is 0. The van der Waals surface area contributed by atoms with Crippen LogP contribution in [-0.2, 0) is 0 Å². The van der Waals surface area contributed by atoms with Crippen molar-refractivity contribution in [2.45, 2.75) is 0 Å². The molecule has 0 radical (unpaired) electrons. The third-order valence-electron chi connectivity index (χ3n) is 9.06. The number of aromatic nitrogens is 1. The minimum Gasteiger partial charge on any atom is -0.435 e. The van der Waals surface area contributed by atoms with Gasteiger partial charge >= 0.3 is 0 Å². The van der Waals surface area contributed by atoms with E-state index in [1.54, 1.807) is 0 Å². The maximum atomic E-state index is 6.63. The lowest BCUT2D eigenvalue weighted by molar-refractivity contribution is 0.623. The van der Waals surface area contributed by atoms with Crippen LogP contribution in [0.4, 0.5) is 17.1 Å². The molecule has 0 aliphatic heterocycles. The molecule has 1 aromatic heterocycles. The Bertz CT molecular complexity index is 2480. The van der Waals surface area contributed by atoms with Gasteiger partial charge in [0.25, 0.3) is 0 Å². The van der Waals surface area contributed by atoms with E-state index in [4.69, 9.17) is 9.40 Å². The van der Waals surface area contributed by atoms with Gasteiger partial charge in [-0.05, 0) is 87.6 Å². The second kappa shape index (κ2) is 11.7. The van der Waals surface area contributed by atoms with Crippen molar-refractivity contribution in [2.24, 2.45) is 0 Å². The van der Waals surface area contributed by atoms with E-state index in [1.807, 2.05) is 30.3 Å². The van der Waals surface area contributed by atoms with Gasteiger partial charge in [0.15, 0.2) is 5.58 Å². The first-order chi connectivity index (χ1) is 23.8. The molecule has 9 aromatic rings. The van der Waals surface area contributed by atoms with Crippen molar-refractivity contribution in [3.8, 4) is 33.7 Å². The Balaban J connectivity index is 1.31. The fraction of sp³-hybridized carbons (Fsp3) is 0. The molecule has 0 aliphatic rings. The normalized spacial score (nSPS) is 11.3. The van der Waals surface area contributed by atoms with E-state index in [0.29, 0.717) is 5.89 Å². The van der Waals surface area contributed by atoms with E-state index < -0.39 is 0 Å². The van der Waals surface area contributed by atoms with E-state index >= 15 is 0 Å². The zero-order valence-electron chi connectivity index (χ0n) is 26.1. The minimum atomic E-state index is 0.623. The zero-order chi connectivity index (χ0) is 31.9. The van der Waals surface area contributed by atoms with Gasteiger partial charge in [0.2, 0.25) is 5.89 Å². The molecule has 8 aromatic carbocycles. The quantitative estimate of drug-likeness (QED) is 0.175. The van der Waals surface area contributed by atoms with E-state index in [1.165, 1.54) is 11.1 Å². The SMILES string of the molecule is c1ccc(-c2ccc(-c3ccc4c(N(c5ccccc5)c5ccccc5)cc5ccc6nc(-c7ccccc7)oc6c5c4c3)cc2)cc1. The van der Waals surface area contributed by atoms with Crippen LogP contribution in [0.25, 0.3) is 66.4 Å². The van der Waals surface area contributed by atoms with Gasteiger partial charge in [0.1, 0.15) is 5.52 Å². The van der Waals surface area contributed by atoms with E-state index in [9.17, 15) is 0 Å². The van der Waals surface area contributed by atoms with Crippen molar-refractivity contribution in [2.75, 3.05) is 4.90 Å². The largest absolute Gasteiger partial charge is 0.435 e. The van der Waals surface area contributed by atoms with Crippen molar-refractivity contribution < 1.29 is 4.42 Å². The molecule has 3 heteroatoms. The summed E-state index contributed by atoms with van der Waals surface area (Å²) in [6.45, 7) is 0. The van der Waals surface area contributed by atoms with Crippen LogP contribution in [0.2, 0.25) is 0 Å². The highest BCUT2D eigenvalue weighted by molar-refractivity contribution is 6.22. The van der Waals surface area contributed by atoms with Crippen molar-refractivity contribution in [1.29, 1.82) is 0 Å². The molecular formula is C45H30N2O. The second-order valence-corrected chi connectivity index (χ2v) is 12.0. The number of hydrogen-bond donors (Lipinski definition) is 0. The van der Waals surface area contributed by atoms with Gasteiger partial charge in [0, 0.05) is 27.7 Å². The zero-order valence-corrected chi connectivity index (χ0v) is 26.1. The molecule has 0 unspecified atom stereocenters. The summed E-state index contributed by atoms with van der Waals surface area (Å²) in [6, 6.07) is 64.0. The molecule has 9 rings (SSSR count). The highest BCUT2D eigenvalue weighted by Gasteiger charge is 2.20. The molecule has 226 valence electrons. The fourth-order valence-corrected chi connectivity index (χ4v) is 6.74. The Morgan fingerprint density at radius 1 is 0.417 bits per heavy atom. The molecule has 3 nitrogen and oxygen atoms in total. The lowest BCUT2D eigenvalue weighted by atomic mass is 9.94. The summed E-state index contributed by atoms with van der Waals surface area (Å²) in [5.41, 5.74) is 10.6. The number of rotatable bonds is 6. The highest BCUT2D eigenvalue weighted by atomic mass is 16.3. The molecule has 48 heavy (non-hydrogen) atoms. The molecule has 0 fully saturated rings. The summed E-state index contributed by atoms with van der Waals surface area (Å²) in [4.78, 5) is 7.28. The number of benzene rings is 8. The molecular weight excluding hydrogens is 585 g/mol. The lowest BCUT2D eigenvalue weighted by Gasteiger charge is -2.27. The summed E-state index contributed by atoms with van der Waals surface area (Å²) in [7, 11) is 0. The summed E-state index contributed by atoms with van der Waals surface area (Å²) in [6.07, 6.45) is 0. The molecule has 0 saturated carbocycles. The van der Waals surface area contributed by atoms with Gasteiger partial charge in [0.05, 0.1) is 5.69 Å². The molecule has 0 atom stereocenters. The Morgan fingerprint density at radius 2 is 0.938 bits per heavy atom. The topological polar surface area (TPSA) is 29.3 Å². The van der Waals surface area contributed by atoms with Crippen molar-refractivity contribution in [3.63, 3.8) is 0 Å². The Kier molecular flexibility index (Phi) is 6.80. The van der Waals surface area contributed by atoms with E-state index in [0.717, 1.165) is 66.4 Å². The van der Waals surface area contributed by atoms with Gasteiger partial charge in [-0.25, -0.2) is 4.98 Å². The van der Waals surface area contributed by atoms with Gasteiger partial charge in [-0.3, -0.25) is 0 Å². The molecule has 0 amide bonds. The van der Waals surface area contributed by atoms with Gasteiger partial charge < -0.3 is 9.32 Å². The van der Waals surface area contributed by atoms with Crippen LogP contribution in [0, 0.1) is 0 Å². The number of fused-ring (bicyclic) bond motifs is 5. The molecule has 0 aliphatic carbocycles. The Labute approximate surface area is 279 Å². The van der Waals surface area contributed by atoms with Crippen LogP contribution in [0.1, 0.15) is 0 Å². The van der Waals surface area contributed by atoms with Crippen molar-refractivity contribution in [1.82, 2.24) is 4.98 Å². The van der Waals surface area contributed by atoms with Gasteiger partial charge in [-0.15, -0.1) is 0 Å². The highest BCUT2D eigenvalue weighted by Crippen LogP contribution is 2.45. The first-order valence-corrected chi connectivity index (χ1v) is 16.2. The molecule has 0 spiro atoms.